The first-order valence-corrected chi connectivity index (χ1v) is 26.7. The lowest BCUT2D eigenvalue weighted by atomic mass is 9.92. The fourth-order valence-electron chi connectivity index (χ4n) is 8.72. The lowest BCUT2D eigenvalue weighted by Crippen LogP contribution is -2.13. The van der Waals surface area contributed by atoms with Crippen LogP contribution in [0.25, 0.3) is 54.9 Å². The molecule has 6 aromatic rings. The monoisotopic (exact) mass is 966 g/mol. The highest BCUT2D eigenvalue weighted by atomic mass is 16.6. The van der Waals surface area contributed by atoms with Crippen LogP contribution in [0.1, 0.15) is 131 Å². The molecule has 0 saturated heterocycles. The Kier molecular flexibility index (Phi) is 21.5. The summed E-state index contributed by atoms with van der Waals surface area (Å²) in [5.74, 6) is 5.12. The Morgan fingerprint density at radius 1 is 0.400 bits per heavy atom. The Morgan fingerprint density at radius 3 is 1.21 bits per heavy atom. The quantitative estimate of drug-likeness (QED) is 0.0380. The van der Waals surface area contributed by atoms with E-state index in [1.165, 1.54) is 0 Å². The molecule has 0 N–H and O–H groups in total. The van der Waals surface area contributed by atoms with Crippen molar-refractivity contribution in [3.63, 3.8) is 0 Å². The fourth-order valence-corrected chi connectivity index (χ4v) is 8.72. The highest BCUT2D eigenvalue weighted by Crippen LogP contribution is 2.49. The molecule has 1 aromatic heterocycles. The second-order valence-corrected chi connectivity index (χ2v) is 18.2. The van der Waals surface area contributed by atoms with Crippen LogP contribution in [0.2, 0.25) is 0 Å². The van der Waals surface area contributed by atoms with E-state index in [1.54, 1.807) is 0 Å². The second kappa shape index (κ2) is 28.6. The minimum atomic E-state index is 0.326. The van der Waals surface area contributed by atoms with Crippen LogP contribution >= 0.6 is 0 Å². The van der Waals surface area contributed by atoms with Crippen molar-refractivity contribution in [2.45, 2.75) is 131 Å². The first-order valence-electron chi connectivity index (χ1n) is 26.7. The van der Waals surface area contributed by atoms with Gasteiger partial charge in [-0.3, -0.25) is 0 Å². The van der Waals surface area contributed by atoms with Crippen molar-refractivity contribution in [1.82, 2.24) is 4.98 Å². The molecule has 12 heteroatoms. The van der Waals surface area contributed by atoms with Crippen molar-refractivity contribution in [1.29, 1.82) is 0 Å². The van der Waals surface area contributed by atoms with E-state index in [0.29, 0.717) is 126 Å². The number of benzene rings is 5. The smallest absolute Gasteiger partial charge is 0.227 e. The molecule has 0 bridgehead atoms. The number of aromatic nitrogens is 1. The number of fused-ring (bicyclic) bond motifs is 9. The van der Waals surface area contributed by atoms with Crippen molar-refractivity contribution >= 4 is 43.4 Å². The van der Waals surface area contributed by atoms with E-state index in [9.17, 15) is 0 Å². The molecule has 0 amide bonds. The number of hydrogen-bond donors (Lipinski definition) is 0. The minimum Gasteiger partial charge on any atom is -0.490 e. The van der Waals surface area contributed by atoms with Gasteiger partial charge in [-0.05, 0) is 108 Å². The van der Waals surface area contributed by atoms with Crippen LogP contribution in [0.3, 0.4) is 0 Å². The summed E-state index contributed by atoms with van der Waals surface area (Å²) in [6.45, 7) is 17.4. The minimum absolute atomic E-state index is 0.326. The van der Waals surface area contributed by atoms with E-state index >= 15 is 0 Å². The van der Waals surface area contributed by atoms with Crippen LogP contribution in [-0.2, 0) is 14.2 Å². The molecule has 0 radical (unpaired) electrons. The molecular weight excluding hydrogens is 887 g/mol. The number of unbranched alkanes of at least 4 members (excludes halogenated alkanes) is 10. The largest absolute Gasteiger partial charge is 0.490 e. The summed E-state index contributed by atoms with van der Waals surface area (Å²) in [5, 5.41) is 5.87. The second-order valence-electron chi connectivity index (χ2n) is 18.2. The van der Waals surface area contributed by atoms with Gasteiger partial charge in [0.2, 0.25) is 5.89 Å². The standard InChI is InChI=1S/C58H79NO11/c1-6-11-16-23-63-50-37-43-44-38-52(65-25-18-13-8-3)53(66-26-19-14-9-4)40-46(44)55-47(45(43)39-51(50)64-24-17-12-7-2)41-54(67-27-20-15-10-5)57-56(55)59-58(70-57)42-21-22-48-49(36-42)69-35-33-62-31-29-60-28-30-61-32-34-68-48/h21-22,36-41H,6-20,23-35H2,1-5H3. The number of oxazole rings is 1. The van der Waals surface area contributed by atoms with Crippen LogP contribution < -0.4 is 33.2 Å². The third kappa shape index (κ3) is 14.3. The molecule has 0 unspecified atom stereocenters. The maximum Gasteiger partial charge on any atom is 0.227 e. The van der Waals surface area contributed by atoms with Gasteiger partial charge in [0.15, 0.2) is 45.8 Å². The van der Waals surface area contributed by atoms with E-state index < -0.39 is 0 Å². The van der Waals surface area contributed by atoms with Crippen molar-refractivity contribution in [2.75, 3.05) is 85.9 Å². The number of ether oxygens (including phenoxy) is 10. The lowest BCUT2D eigenvalue weighted by molar-refractivity contribution is 0.00708. The predicted octanol–water partition coefficient (Wildman–Crippen LogP) is 14.6. The average Bonchev–Trinajstić information content (AvgIpc) is 3.83. The molecule has 0 saturated carbocycles. The van der Waals surface area contributed by atoms with Gasteiger partial charge >= 0.3 is 0 Å². The zero-order valence-corrected chi connectivity index (χ0v) is 42.9. The summed E-state index contributed by atoms with van der Waals surface area (Å²) in [6.07, 6.45) is 15.6. The van der Waals surface area contributed by atoms with E-state index in [2.05, 4.69) is 65.0 Å². The van der Waals surface area contributed by atoms with Gasteiger partial charge in [0.05, 0.1) is 72.7 Å². The number of nitrogens with zero attached hydrogens (tertiary/aromatic N) is 1. The summed E-state index contributed by atoms with van der Waals surface area (Å²) in [5.41, 5.74) is 1.98. The van der Waals surface area contributed by atoms with Crippen molar-refractivity contribution in [2.24, 2.45) is 0 Å². The summed E-state index contributed by atoms with van der Waals surface area (Å²) in [7, 11) is 0. The molecule has 70 heavy (non-hydrogen) atoms. The lowest BCUT2D eigenvalue weighted by Gasteiger charge is -2.20. The SMILES string of the molecule is CCCCCOc1cc2c3cc(OCCCCC)c(OCCCCC)cc3c3c(cc(OCCCCC)c4oc(-c5ccc6c(c5)OCCOCCOCCOCCO6)nc43)c2cc1OCCCCC. The van der Waals surface area contributed by atoms with E-state index in [-0.39, 0.29) is 0 Å². The van der Waals surface area contributed by atoms with Crippen molar-refractivity contribution in [3.8, 4) is 51.7 Å². The predicted molar refractivity (Wildman–Crippen MR) is 281 cm³/mol. The van der Waals surface area contributed by atoms with Crippen molar-refractivity contribution in [3.05, 3.63) is 48.5 Å². The Labute approximate surface area is 415 Å². The van der Waals surface area contributed by atoms with Gasteiger partial charge in [-0.2, -0.15) is 0 Å². The maximum atomic E-state index is 6.90. The maximum absolute atomic E-state index is 6.90. The number of hydrogen-bond acceptors (Lipinski definition) is 12. The third-order valence-corrected chi connectivity index (χ3v) is 12.6. The topological polar surface area (TPSA) is 118 Å². The molecule has 382 valence electrons. The summed E-state index contributed by atoms with van der Waals surface area (Å²) in [6, 6.07) is 16.6. The van der Waals surface area contributed by atoms with Gasteiger partial charge in [-0.25, -0.2) is 4.98 Å². The van der Waals surface area contributed by atoms with Gasteiger partial charge < -0.3 is 51.8 Å². The molecule has 12 nitrogen and oxygen atoms in total. The molecule has 2 heterocycles. The van der Waals surface area contributed by atoms with Gasteiger partial charge in [-0.15, -0.1) is 0 Å². The normalized spacial score (nSPS) is 14.0. The van der Waals surface area contributed by atoms with Gasteiger partial charge in [0.1, 0.15) is 18.7 Å². The average molecular weight is 966 g/mol. The zero-order valence-electron chi connectivity index (χ0n) is 42.9. The van der Waals surface area contributed by atoms with E-state index in [0.717, 1.165) is 151 Å². The van der Waals surface area contributed by atoms with Crippen LogP contribution in [0, 0.1) is 0 Å². The molecule has 0 atom stereocenters. The summed E-state index contributed by atoms with van der Waals surface area (Å²) >= 11 is 0. The highest BCUT2D eigenvalue weighted by molar-refractivity contribution is 6.32. The Bertz CT molecular complexity index is 2470. The Hall–Kier alpha value is -5.17. The molecule has 0 spiro atoms. The Morgan fingerprint density at radius 2 is 0.771 bits per heavy atom. The van der Waals surface area contributed by atoms with E-state index in [4.69, 9.17) is 56.8 Å². The molecule has 7 rings (SSSR count). The molecule has 1 aliphatic heterocycles. The Balaban J connectivity index is 1.46. The molecule has 0 fully saturated rings. The van der Waals surface area contributed by atoms with Crippen LogP contribution in [0.4, 0.5) is 0 Å². The molecule has 5 aromatic carbocycles. The van der Waals surface area contributed by atoms with Crippen LogP contribution in [-0.4, -0.2) is 90.9 Å². The first kappa shape index (κ1) is 52.6. The summed E-state index contributed by atoms with van der Waals surface area (Å²) < 4.78 is 69.8. The van der Waals surface area contributed by atoms with Crippen molar-refractivity contribution < 1.29 is 51.8 Å². The van der Waals surface area contributed by atoms with Gasteiger partial charge in [0, 0.05) is 10.9 Å². The van der Waals surface area contributed by atoms with E-state index in [1.807, 2.05) is 18.2 Å². The van der Waals surface area contributed by atoms with Crippen LogP contribution in [0.15, 0.2) is 52.9 Å². The van der Waals surface area contributed by atoms with Gasteiger partial charge in [-0.1, -0.05) is 98.8 Å². The third-order valence-electron chi connectivity index (χ3n) is 12.6. The fraction of sp³-hybridized carbons (Fsp3) is 0.569. The first-order chi connectivity index (χ1) is 34.6. The molecular formula is C58H79NO11. The molecule has 0 aliphatic carbocycles. The zero-order chi connectivity index (χ0) is 48.8. The van der Waals surface area contributed by atoms with Crippen LogP contribution in [0.5, 0.6) is 40.2 Å². The summed E-state index contributed by atoms with van der Waals surface area (Å²) in [4.78, 5) is 5.41. The number of rotatable bonds is 26. The highest BCUT2D eigenvalue weighted by Gasteiger charge is 2.25. The molecule has 1 aliphatic rings. The van der Waals surface area contributed by atoms with Gasteiger partial charge in [0.25, 0.3) is 0 Å².